The van der Waals surface area contributed by atoms with Gasteiger partial charge in [-0.25, -0.2) is 14.8 Å². The molecule has 3 aromatic rings. The predicted molar refractivity (Wildman–Crippen MR) is 122 cm³/mol. The summed E-state index contributed by atoms with van der Waals surface area (Å²) in [7, 11) is 0. The van der Waals surface area contributed by atoms with Gasteiger partial charge in [0.1, 0.15) is 5.82 Å². The minimum atomic E-state index is -2.95. The zero-order valence-electron chi connectivity index (χ0n) is 22.3. The zero-order chi connectivity index (χ0) is 26.4. The molecule has 1 saturated heterocycles. The van der Waals surface area contributed by atoms with E-state index >= 15 is 0 Å². The quantitative estimate of drug-likeness (QED) is 0.610. The molecule has 3 heterocycles. The molecule has 2 aromatic heterocycles. The maximum Gasteiger partial charge on any atom is 0.325 e. The van der Waals surface area contributed by atoms with Crippen LogP contribution in [0.4, 0.5) is 16.6 Å². The van der Waals surface area contributed by atoms with Crippen LogP contribution in [0, 0.1) is 5.92 Å². The molecule has 8 nitrogen and oxygen atoms in total. The van der Waals surface area contributed by atoms with Gasteiger partial charge in [0.05, 0.1) is 26.8 Å². The molecule has 162 valence electrons. The number of anilines is 2. The molecule has 9 heteroatoms. The minimum absolute atomic E-state index is 0.103. The van der Waals surface area contributed by atoms with E-state index in [-0.39, 0.29) is 17.8 Å². The highest BCUT2D eigenvalue weighted by Crippen LogP contribution is 2.27. The highest BCUT2D eigenvalue weighted by atomic mass is 35.5. The number of urea groups is 1. The average molecular weight is 445 g/mol. The van der Waals surface area contributed by atoms with Crippen molar-refractivity contribution in [3.63, 3.8) is 0 Å². The van der Waals surface area contributed by atoms with Crippen molar-refractivity contribution in [2.24, 2.45) is 5.92 Å². The first-order chi connectivity index (χ1) is 16.8. The molecule has 0 spiro atoms. The zero-order valence-corrected chi connectivity index (χ0v) is 18.1. The van der Waals surface area contributed by atoms with Crippen LogP contribution in [-0.4, -0.2) is 50.0 Å². The summed E-state index contributed by atoms with van der Waals surface area (Å²) in [5.74, 6) is -0.103. The number of carbonyl (C=O) groups is 1. The van der Waals surface area contributed by atoms with Crippen molar-refractivity contribution in [1.29, 1.82) is 0 Å². The van der Waals surface area contributed by atoms with Crippen molar-refractivity contribution in [2.45, 2.75) is 32.9 Å². The number of rotatable bonds is 6. The van der Waals surface area contributed by atoms with E-state index < -0.39 is 31.5 Å². The second kappa shape index (κ2) is 8.55. The molecular weight excluding hydrogens is 414 g/mol. The van der Waals surface area contributed by atoms with Crippen LogP contribution in [0.5, 0.6) is 0 Å². The minimum Gasteiger partial charge on any atom is -0.346 e. The molecule has 0 aliphatic carbocycles. The lowest BCUT2D eigenvalue weighted by Crippen LogP contribution is -2.38. The summed E-state index contributed by atoms with van der Waals surface area (Å²) in [6.07, 6.45) is 4.96. The van der Waals surface area contributed by atoms with E-state index in [4.69, 9.17) is 18.5 Å². The van der Waals surface area contributed by atoms with Gasteiger partial charge in [-0.05, 0) is 43.2 Å². The number of imidazole rings is 1. The number of aromatic nitrogens is 4. The molecule has 1 aliphatic rings. The first-order valence-corrected chi connectivity index (χ1v) is 10.2. The van der Waals surface area contributed by atoms with Crippen molar-refractivity contribution in [1.82, 2.24) is 24.4 Å². The molecule has 4 rings (SSSR count). The molecule has 2 amide bonds. The lowest BCUT2D eigenvalue weighted by molar-refractivity contribution is 0.229. The van der Waals surface area contributed by atoms with Gasteiger partial charge in [-0.2, -0.15) is 4.98 Å². The normalized spacial score (nSPS) is 21.9. The molecule has 1 aliphatic heterocycles. The van der Waals surface area contributed by atoms with E-state index in [9.17, 15) is 4.79 Å². The Morgan fingerprint density at radius 2 is 2.00 bits per heavy atom. The van der Waals surface area contributed by atoms with Crippen molar-refractivity contribution in [2.75, 3.05) is 23.7 Å². The topological polar surface area (TPSA) is 79.2 Å². The van der Waals surface area contributed by atoms with Crippen LogP contribution in [0.3, 0.4) is 0 Å². The van der Waals surface area contributed by atoms with Crippen molar-refractivity contribution >= 4 is 29.4 Å². The number of likely N-dealkylation sites (N-methyl/N-ethyl adjacent to an activating group) is 1. The fourth-order valence-electron chi connectivity index (χ4n) is 3.30. The van der Waals surface area contributed by atoms with Crippen LogP contribution in [0.2, 0.25) is 5.02 Å². The van der Waals surface area contributed by atoms with Crippen molar-refractivity contribution in [3.8, 4) is 5.69 Å². The number of hydrogen-bond acceptors (Lipinski definition) is 5. The molecule has 1 fully saturated rings. The fraction of sp³-hybridized carbons (Fsp3) is 0.364. The third kappa shape index (κ3) is 4.34. The monoisotopic (exact) mass is 444 g/mol. The predicted octanol–water partition coefficient (Wildman–Crippen LogP) is 4.39. The number of nitrogens with one attached hydrogen (secondary N) is 1. The lowest BCUT2D eigenvalue weighted by atomic mass is 10.0. The fourth-order valence-corrected chi connectivity index (χ4v) is 3.42. The molecule has 0 saturated carbocycles. The summed E-state index contributed by atoms with van der Waals surface area (Å²) < 4.78 is 41.9. The Morgan fingerprint density at radius 3 is 2.71 bits per heavy atom. The number of halogens is 1. The van der Waals surface area contributed by atoms with Gasteiger partial charge in [-0.15, -0.1) is 0 Å². The van der Waals surface area contributed by atoms with E-state index in [1.54, 1.807) is 32.3 Å². The van der Waals surface area contributed by atoms with Crippen molar-refractivity contribution < 1.29 is 11.6 Å². The Bertz CT molecular complexity index is 1250. The summed E-state index contributed by atoms with van der Waals surface area (Å²) >= 11 is 5.96. The highest BCUT2D eigenvalue weighted by Gasteiger charge is 2.38. The third-order valence-corrected chi connectivity index (χ3v) is 5.22. The van der Waals surface area contributed by atoms with E-state index in [0.717, 1.165) is 10.6 Å². The molecule has 0 unspecified atom stereocenters. The van der Waals surface area contributed by atoms with Gasteiger partial charge in [0.2, 0.25) is 5.95 Å². The summed E-state index contributed by atoms with van der Waals surface area (Å²) in [6.45, 7) is -0.0568. The number of carbonyl (C=O) groups excluding carboxylic acids is 1. The van der Waals surface area contributed by atoms with Crippen molar-refractivity contribution in [3.05, 3.63) is 59.8 Å². The largest absolute Gasteiger partial charge is 0.346 e. The molecule has 0 radical (unpaired) electrons. The number of hydrogen-bond donors (Lipinski definition) is 1. The Kier molecular flexibility index (Phi) is 4.31. The van der Waals surface area contributed by atoms with Crippen LogP contribution < -0.4 is 10.2 Å². The summed E-state index contributed by atoms with van der Waals surface area (Å²) in [5.41, 5.74) is 1.60. The van der Waals surface area contributed by atoms with Gasteiger partial charge in [0.25, 0.3) is 0 Å². The van der Waals surface area contributed by atoms with Gasteiger partial charge >= 0.3 is 6.03 Å². The molecule has 0 bridgehead atoms. The van der Waals surface area contributed by atoms with E-state index in [0.29, 0.717) is 15.6 Å². The Morgan fingerprint density at radius 1 is 1.23 bits per heavy atom. The standard InChI is InChI=1S/C22H26ClN7O/c1-14(2)19-12-28(4)22(31)30(19)20-9-10-24-21(27-20)26-15(3)18-11-29(13-25-18)17-7-5-16(23)6-8-17/h5-11,13-15,19H,12H2,1-4H3,(H,24,26,27)/t15-,19+/m0/s1/i4D3,12D2. The van der Waals surface area contributed by atoms with E-state index in [2.05, 4.69) is 20.3 Å². The molecule has 1 aromatic carbocycles. The van der Waals surface area contributed by atoms with Crippen LogP contribution in [0.15, 0.2) is 49.1 Å². The SMILES string of the molecule is [2H]C([2H])([2H])N1C(=O)N(c2ccnc(N[C@@H](C)c3cn(-c4ccc(Cl)cc4)cn3)n2)[C@@H](C(C)C)C1([2H])[2H]. The van der Waals surface area contributed by atoms with Gasteiger partial charge in [0.15, 0.2) is 0 Å². The smallest absolute Gasteiger partial charge is 0.325 e. The summed E-state index contributed by atoms with van der Waals surface area (Å²) in [5, 5.41) is 3.78. The molecular formula is C22H26ClN7O. The van der Waals surface area contributed by atoms with Crippen LogP contribution in [-0.2, 0) is 0 Å². The van der Waals surface area contributed by atoms with E-state index in [1.807, 2.05) is 29.8 Å². The maximum absolute atomic E-state index is 13.1. The Labute approximate surface area is 193 Å². The Balaban J connectivity index is 1.59. The maximum atomic E-state index is 13.1. The summed E-state index contributed by atoms with van der Waals surface area (Å²) in [6, 6.07) is 6.43. The second-order valence-electron chi connectivity index (χ2n) is 7.59. The lowest BCUT2D eigenvalue weighted by Gasteiger charge is -2.25. The van der Waals surface area contributed by atoms with E-state index in [1.165, 1.54) is 12.3 Å². The number of amides is 2. The third-order valence-electron chi connectivity index (χ3n) is 4.97. The van der Waals surface area contributed by atoms with Gasteiger partial charge < -0.3 is 14.8 Å². The van der Waals surface area contributed by atoms with Gasteiger partial charge in [-0.3, -0.25) is 4.90 Å². The Hall–Kier alpha value is -3.13. The number of benzene rings is 1. The van der Waals surface area contributed by atoms with Crippen LogP contribution in [0.1, 0.15) is 39.4 Å². The molecule has 1 N–H and O–H groups in total. The van der Waals surface area contributed by atoms with Crippen LogP contribution in [0.25, 0.3) is 5.69 Å². The second-order valence-corrected chi connectivity index (χ2v) is 8.03. The molecule has 2 atom stereocenters. The highest BCUT2D eigenvalue weighted by molar-refractivity contribution is 6.30. The molecule has 31 heavy (non-hydrogen) atoms. The summed E-state index contributed by atoms with van der Waals surface area (Å²) in [4.78, 5) is 27.6. The van der Waals surface area contributed by atoms with Crippen LogP contribution >= 0.6 is 11.6 Å². The number of nitrogens with zero attached hydrogens (tertiary/aromatic N) is 6. The first kappa shape index (κ1) is 15.6. The van der Waals surface area contributed by atoms with Gasteiger partial charge in [0, 0.05) is 40.7 Å². The first-order valence-electron chi connectivity index (χ1n) is 12.3. The average Bonchev–Trinajstić information content (AvgIpc) is 3.34. The van der Waals surface area contributed by atoms with Gasteiger partial charge in [-0.1, -0.05) is 25.4 Å².